The molecule has 0 amide bonds. The van der Waals surface area contributed by atoms with Crippen molar-refractivity contribution in [3.63, 3.8) is 0 Å². The normalized spacial score (nSPS) is 35.2. The van der Waals surface area contributed by atoms with Crippen LogP contribution in [0.4, 0.5) is 0 Å². The van der Waals surface area contributed by atoms with Crippen LogP contribution in [0.15, 0.2) is 12.2 Å². The summed E-state index contributed by atoms with van der Waals surface area (Å²) < 4.78 is 23.6. The van der Waals surface area contributed by atoms with Crippen LogP contribution < -0.4 is 0 Å². The highest BCUT2D eigenvalue weighted by Crippen LogP contribution is 2.44. The Hall–Kier alpha value is -0.355. The van der Waals surface area contributed by atoms with Crippen molar-refractivity contribution < 1.29 is 18.8 Å². The van der Waals surface area contributed by atoms with Gasteiger partial charge < -0.3 is 18.8 Å². The van der Waals surface area contributed by atoms with Crippen LogP contribution in [0.1, 0.15) is 40.5 Å². The Morgan fingerprint density at radius 1 is 1.00 bits per heavy atom. The molecule has 2 saturated heterocycles. The maximum atomic E-state index is 6.10. The van der Waals surface area contributed by atoms with Gasteiger partial charge in [-0.3, -0.25) is 0 Å². The lowest BCUT2D eigenvalue weighted by Gasteiger charge is -2.32. The molecule has 0 aromatic carbocycles. The van der Waals surface area contributed by atoms with Crippen LogP contribution in [-0.2, 0) is 18.8 Å². The van der Waals surface area contributed by atoms with Gasteiger partial charge in [-0.15, -0.1) is 0 Å². The fourth-order valence-electron chi connectivity index (χ4n) is 2.82. The molecule has 106 valence electrons. The van der Waals surface area contributed by atoms with Gasteiger partial charge in [-0.25, -0.2) is 0 Å². The topological polar surface area (TPSA) is 36.9 Å². The van der Waals surface area contributed by atoms with Gasteiger partial charge in [0.2, 0.25) is 0 Å². The lowest BCUT2D eigenvalue weighted by atomic mass is 9.66. The largest absolute Gasteiger partial charge is 0.465 e. The van der Waals surface area contributed by atoms with Crippen LogP contribution in [0.5, 0.6) is 0 Å². The summed E-state index contributed by atoms with van der Waals surface area (Å²) in [6, 6.07) is 0. The van der Waals surface area contributed by atoms with Gasteiger partial charge in [-0.2, -0.15) is 0 Å². The van der Waals surface area contributed by atoms with E-state index in [4.69, 9.17) is 18.8 Å². The van der Waals surface area contributed by atoms with Gasteiger partial charge in [0.05, 0.1) is 24.4 Å². The number of hydrogen-bond donors (Lipinski definition) is 0. The Labute approximate surface area is 115 Å². The van der Waals surface area contributed by atoms with Gasteiger partial charge in [0.1, 0.15) is 0 Å². The molecule has 1 spiro atoms. The molecule has 4 nitrogen and oxygen atoms in total. The summed E-state index contributed by atoms with van der Waals surface area (Å²) in [6.45, 7) is 9.72. The number of allylic oxidation sites excluding steroid dienone is 1. The summed E-state index contributed by atoms with van der Waals surface area (Å²) in [5.41, 5.74) is -0.526. The highest BCUT2D eigenvalue weighted by Gasteiger charge is 2.54. The van der Waals surface area contributed by atoms with Crippen molar-refractivity contribution in [2.75, 3.05) is 13.2 Å². The Morgan fingerprint density at radius 2 is 1.58 bits per heavy atom. The molecule has 3 aliphatic rings. The molecule has 0 aromatic heterocycles. The minimum atomic E-state index is -0.472. The zero-order valence-electron chi connectivity index (χ0n) is 12.3. The second-order valence-electron chi connectivity index (χ2n) is 6.70. The molecule has 1 atom stereocenters. The third-order valence-corrected chi connectivity index (χ3v) is 4.82. The Morgan fingerprint density at radius 3 is 2.05 bits per heavy atom. The molecule has 0 bridgehead atoms. The molecule has 2 heterocycles. The summed E-state index contributed by atoms with van der Waals surface area (Å²) in [7, 11) is -0.167. The lowest BCUT2D eigenvalue weighted by Crippen LogP contribution is -2.41. The van der Waals surface area contributed by atoms with Crippen LogP contribution in [-0.4, -0.2) is 37.3 Å². The number of hydrogen-bond acceptors (Lipinski definition) is 4. The van der Waals surface area contributed by atoms with E-state index in [1.54, 1.807) is 0 Å². The molecule has 2 fully saturated rings. The van der Waals surface area contributed by atoms with Crippen molar-refractivity contribution >= 4 is 7.12 Å². The fourth-order valence-corrected chi connectivity index (χ4v) is 2.82. The van der Waals surface area contributed by atoms with Crippen LogP contribution in [0.3, 0.4) is 0 Å². The van der Waals surface area contributed by atoms with E-state index in [0.29, 0.717) is 13.2 Å². The first-order chi connectivity index (χ1) is 8.84. The predicted octanol–water partition coefficient (Wildman–Crippen LogP) is 2.54. The maximum Gasteiger partial charge on any atom is 0.465 e. The standard InChI is InChI=1S/C14H23BO4/c1-12(2)13(3,4)19-15(18-12)11-5-7-14(8-6-11)16-9-10-17-14/h5,7,11H,6,8-10H2,1-4H3. The van der Waals surface area contributed by atoms with Gasteiger partial charge in [0.15, 0.2) is 5.79 Å². The van der Waals surface area contributed by atoms with E-state index in [1.807, 2.05) is 6.08 Å². The van der Waals surface area contributed by atoms with Crippen LogP contribution >= 0.6 is 0 Å². The highest BCUT2D eigenvalue weighted by molar-refractivity contribution is 6.48. The lowest BCUT2D eigenvalue weighted by molar-refractivity contribution is -0.125. The summed E-state index contributed by atoms with van der Waals surface area (Å²) in [6.07, 6.45) is 6.02. The zero-order valence-corrected chi connectivity index (χ0v) is 12.3. The first-order valence-corrected chi connectivity index (χ1v) is 7.17. The van der Waals surface area contributed by atoms with E-state index in [1.165, 1.54) is 0 Å². The molecular formula is C14H23BO4. The van der Waals surface area contributed by atoms with Crippen molar-refractivity contribution in [3.05, 3.63) is 12.2 Å². The Kier molecular flexibility index (Phi) is 3.10. The van der Waals surface area contributed by atoms with Crippen molar-refractivity contribution in [2.45, 2.75) is 63.3 Å². The van der Waals surface area contributed by atoms with Gasteiger partial charge >= 0.3 is 7.12 Å². The number of rotatable bonds is 1. The second kappa shape index (κ2) is 4.32. The van der Waals surface area contributed by atoms with E-state index in [0.717, 1.165) is 12.8 Å². The molecule has 2 aliphatic heterocycles. The first-order valence-electron chi connectivity index (χ1n) is 7.17. The fraction of sp³-hybridized carbons (Fsp3) is 0.857. The molecule has 5 heteroatoms. The molecule has 0 aromatic rings. The minimum absolute atomic E-state index is 0.167. The summed E-state index contributed by atoms with van der Waals surface area (Å²) in [4.78, 5) is 0. The average molecular weight is 266 g/mol. The quantitative estimate of drug-likeness (QED) is 0.540. The maximum absolute atomic E-state index is 6.10. The van der Waals surface area contributed by atoms with E-state index < -0.39 is 5.79 Å². The molecule has 0 N–H and O–H groups in total. The number of ether oxygens (including phenoxy) is 2. The van der Waals surface area contributed by atoms with Crippen LogP contribution in [0, 0.1) is 0 Å². The van der Waals surface area contributed by atoms with Gasteiger partial charge in [0, 0.05) is 12.2 Å². The highest BCUT2D eigenvalue weighted by atomic mass is 16.7. The van der Waals surface area contributed by atoms with Crippen molar-refractivity contribution in [1.29, 1.82) is 0 Å². The zero-order chi connectivity index (χ0) is 13.7. The monoisotopic (exact) mass is 266 g/mol. The summed E-state index contributed by atoms with van der Waals surface area (Å²) in [5, 5.41) is 0. The smallest absolute Gasteiger partial charge is 0.403 e. The second-order valence-corrected chi connectivity index (χ2v) is 6.70. The first kappa shape index (κ1) is 13.6. The third-order valence-electron chi connectivity index (χ3n) is 4.82. The molecule has 19 heavy (non-hydrogen) atoms. The molecular weight excluding hydrogens is 243 g/mol. The van der Waals surface area contributed by atoms with Gasteiger partial charge in [-0.05, 0) is 40.2 Å². The molecule has 1 aliphatic carbocycles. The molecule has 1 unspecified atom stereocenters. The Balaban J connectivity index is 1.69. The van der Waals surface area contributed by atoms with E-state index in [9.17, 15) is 0 Å². The van der Waals surface area contributed by atoms with E-state index in [2.05, 4.69) is 33.8 Å². The average Bonchev–Trinajstić information content (AvgIpc) is 2.84. The molecule has 0 radical (unpaired) electrons. The van der Waals surface area contributed by atoms with Crippen molar-refractivity contribution in [3.8, 4) is 0 Å². The van der Waals surface area contributed by atoms with Gasteiger partial charge in [0.25, 0.3) is 0 Å². The van der Waals surface area contributed by atoms with E-state index >= 15 is 0 Å². The summed E-state index contributed by atoms with van der Waals surface area (Å²) in [5.74, 6) is -0.195. The van der Waals surface area contributed by atoms with Crippen LogP contribution in [0.25, 0.3) is 0 Å². The van der Waals surface area contributed by atoms with Crippen molar-refractivity contribution in [1.82, 2.24) is 0 Å². The van der Waals surface area contributed by atoms with Crippen LogP contribution in [0.2, 0.25) is 5.82 Å². The molecule has 0 saturated carbocycles. The third kappa shape index (κ3) is 2.27. The molecule has 3 rings (SSSR count). The SMILES string of the molecule is CC1(C)OB(C2C=CC3(CC2)OCCO3)OC1(C)C. The predicted molar refractivity (Wildman–Crippen MR) is 72.8 cm³/mol. The Bertz CT molecular complexity index is 369. The minimum Gasteiger partial charge on any atom is -0.403 e. The van der Waals surface area contributed by atoms with E-state index in [-0.39, 0.29) is 24.1 Å². The summed E-state index contributed by atoms with van der Waals surface area (Å²) >= 11 is 0. The van der Waals surface area contributed by atoms with Gasteiger partial charge in [-0.1, -0.05) is 6.08 Å². The van der Waals surface area contributed by atoms with Crippen molar-refractivity contribution in [2.24, 2.45) is 0 Å².